The molecule has 5 nitrogen and oxygen atoms in total. The smallest absolute Gasteiger partial charge is 0.326 e. The zero-order valence-corrected chi connectivity index (χ0v) is 10.3. The van der Waals surface area contributed by atoms with Crippen LogP contribution in [0.5, 0.6) is 0 Å². The predicted octanol–water partition coefficient (Wildman–Crippen LogP) is 2.09. The molecule has 2 unspecified atom stereocenters. The van der Waals surface area contributed by atoms with Crippen LogP contribution in [-0.2, 0) is 16.0 Å². The molecule has 1 fully saturated rings. The number of fused-ring (bicyclic) bond motifs is 1. The van der Waals surface area contributed by atoms with E-state index in [2.05, 4.69) is 4.98 Å². The second-order valence-corrected chi connectivity index (χ2v) is 5.08. The molecule has 3 heterocycles. The minimum absolute atomic E-state index is 0.0209. The summed E-state index contributed by atoms with van der Waals surface area (Å²) < 4.78 is 7.64. The van der Waals surface area contributed by atoms with Gasteiger partial charge < -0.3 is 14.4 Å². The number of hydrogen-bond donors (Lipinski definition) is 1. The molecule has 18 heavy (non-hydrogen) atoms. The van der Waals surface area contributed by atoms with Crippen molar-refractivity contribution in [2.24, 2.45) is 0 Å². The summed E-state index contributed by atoms with van der Waals surface area (Å²) in [5, 5.41) is 9.34. The van der Waals surface area contributed by atoms with Gasteiger partial charge in [0.15, 0.2) is 0 Å². The molecule has 0 saturated carbocycles. The lowest BCUT2D eigenvalue weighted by molar-refractivity contribution is -0.141. The predicted molar refractivity (Wildman–Crippen MR) is 64.4 cm³/mol. The van der Waals surface area contributed by atoms with Crippen LogP contribution in [-0.4, -0.2) is 27.2 Å². The maximum Gasteiger partial charge on any atom is 0.326 e. The highest BCUT2D eigenvalue weighted by Gasteiger charge is 2.32. The van der Waals surface area contributed by atoms with E-state index in [0.717, 1.165) is 50.2 Å². The van der Waals surface area contributed by atoms with Crippen LogP contribution in [0.2, 0.25) is 0 Å². The minimum atomic E-state index is -0.758. The summed E-state index contributed by atoms with van der Waals surface area (Å²) in [5.74, 6) is 0.0582. The first-order valence-electron chi connectivity index (χ1n) is 6.68. The van der Waals surface area contributed by atoms with Crippen molar-refractivity contribution in [2.75, 3.05) is 6.61 Å². The van der Waals surface area contributed by atoms with E-state index in [0.29, 0.717) is 6.42 Å². The molecular weight excluding hydrogens is 232 g/mol. The maximum atomic E-state index is 11.4. The van der Waals surface area contributed by atoms with E-state index in [1.807, 2.05) is 10.8 Å². The van der Waals surface area contributed by atoms with Gasteiger partial charge in [-0.05, 0) is 38.5 Å². The van der Waals surface area contributed by atoms with Crippen molar-refractivity contribution in [1.82, 2.24) is 9.55 Å². The molecule has 0 spiro atoms. The first-order chi connectivity index (χ1) is 8.77. The molecule has 3 rings (SSSR count). The normalized spacial score (nSPS) is 27.8. The third kappa shape index (κ3) is 1.92. The highest BCUT2D eigenvalue weighted by Crippen LogP contribution is 2.33. The molecule has 0 radical (unpaired) electrons. The molecule has 1 N–H and O–H groups in total. The maximum absolute atomic E-state index is 11.4. The summed E-state index contributed by atoms with van der Waals surface area (Å²) in [5.41, 5.74) is 1.04. The number of ether oxygens (including phenoxy) is 1. The van der Waals surface area contributed by atoms with Crippen LogP contribution in [0.25, 0.3) is 0 Å². The van der Waals surface area contributed by atoms with Crippen LogP contribution in [0.4, 0.5) is 0 Å². The SMILES string of the molecule is O=C(O)C1CCCc2cnc(C3CCCCO3)n21. The summed E-state index contributed by atoms with van der Waals surface area (Å²) in [7, 11) is 0. The fraction of sp³-hybridized carbons (Fsp3) is 0.692. The van der Waals surface area contributed by atoms with Crippen molar-refractivity contribution in [3.8, 4) is 0 Å². The quantitative estimate of drug-likeness (QED) is 0.872. The van der Waals surface area contributed by atoms with Crippen LogP contribution >= 0.6 is 0 Å². The number of rotatable bonds is 2. The lowest BCUT2D eigenvalue weighted by Crippen LogP contribution is -2.28. The van der Waals surface area contributed by atoms with Gasteiger partial charge in [-0.15, -0.1) is 0 Å². The highest BCUT2D eigenvalue weighted by molar-refractivity contribution is 5.72. The fourth-order valence-corrected chi connectivity index (χ4v) is 2.98. The van der Waals surface area contributed by atoms with Crippen LogP contribution < -0.4 is 0 Å². The number of hydrogen-bond acceptors (Lipinski definition) is 3. The number of carbonyl (C=O) groups is 1. The number of nitrogens with zero attached hydrogens (tertiary/aromatic N) is 2. The van der Waals surface area contributed by atoms with E-state index >= 15 is 0 Å². The van der Waals surface area contributed by atoms with Gasteiger partial charge in [-0.25, -0.2) is 9.78 Å². The van der Waals surface area contributed by atoms with Gasteiger partial charge in [0.1, 0.15) is 18.0 Å². The molecule has 1 aromatic rings. The summed E-state index contributed by atoms with van der Waals surface area (Å²) in [6, 6.07) is -0.461. The van der Waals surface area contributed by atoms with Crippen molar-refractivity contribution in [1.29, 1.82) is 0 Å². The Morgan fingerprint density at radius 1 is 1.39 bits per heavy atom. The molecule has 0 aromatic carbocycles. The molecule has 0 aliphatic carbocycles. The molecule has 2 aliphatic heterocycles. The van der Waals surface area contributed by atoms with Crippen molar-refractivity contribution in [3.05, 3.63) is 17.7 Å². The van der Waals surface area contributed by atoms with E-state index in [9.17, 15) is 9.90 Å². The second-order valence-electron chi connectivity index (χ2n) is 5.08. The Morgan fingerprint density at radius 3 is 3.00 bits per heavy atom. The van der Waals surface area contributed by atoms with Gasteiger partial charge in [0.05, 0.1) is 0 Å². The number of aliphatic carboxylic acids is 1. The first-order valence-corrected chi connectivity index (χ1v) is 6.68. The van der Waals surface area contributed by atoms with Crippen molar-refractivity contribution < 1.29 is 14.6 Å². The van der Waals surface area contributed by atoms with E-state index < -0.39 is 12.0 Å². The topological polar surface area (TPSA) is 64.3 Å². The second kappa shape index (κ2) is 4.72. The van der Waals surface area contributed by atoms with Crippen LogP contribution in [0.3, 0.4) is 0 Å². The Morgan fingerprint density at radius 2 is 2.28 bits per heavy atom. The summed E-state index contributed by atoms with van der Waals surface area (Å²) in [6.07, 6.45) is 7.50. The fourth-order valence-electron chi connectivity index (χ4n) is 2.98. The average molecular weight is 250 g/mol. The van der Waals surface area contributed by atoms with Crippen molar-refractivity contribution in [2.45, 2.75) is 50.7 Å². The van der Waals surface area contributed by atoms with Crippen molar-refractivity contribution in [3.63, 3.8) is 0 Å². The molecule has 0 amide bonds. The molecule has 1 aromatic heterocycles. The average Bonchev–Trinajstić information content (AvgIpc) is 2.83. The van der Waals surface area contributed by atoms with Crippen molar-refractivity contribution >= 4 is 5.97 Å². The van der Waals surface area contributed by atoms with E-state index in [4.69, 9.17) is 4.74 Å². The molecule has 2 aliphatic rings. The lowest BCUT2D eigenvalue weighted by atomic mass is 10.0. The molecule has 5 heteroatoms. The van der Waals surface area contributed by atoms with Gasteiger partial charge in [0, 0.05) is 18.5 Å². The Labute approximate surface area is 106 Å². The monoisotopic (exact) mass is 250 g/mol. The minimum Gasteiger partial charge on any atom is -0.480 e. The third-order valence-corrected chi connectivity index (χ3v) is 3.88. The van der Waals surface area contributed by atoms with Gasteiger partial charge in [0.2, 0.25) is 0 Å². The van der Waals surface area contributed by atoms with Gasteiger partial charge >= 0.3 is 5.97 Å². The molecule has 98 valence electrons. The lowest BCUT2D eigenvalue weighted by Gasteiger charge is -2.28. The molecule has 0 bridgehead atoms. The number of aromatic nitrogens is 2. The van der Waals surface area contributed by atoms with E-state index in [1.54, 1.807) is 0 Å². The largest absolute Gasteiger partial charge is 0.480 e. The number of carboxylic acids is 1. The highest BCUT2D eigenvalue weighted by atomic mass is 16.5. The van der Waals surface area contributed by atoms with Gasteiger partial charge in [-0.2, -0.15) is 0 Å². The van der Waals surface area contributed by atoms with E-state index in [1.165, 1.54) is 0 Å². The summed E-state index contributed by atoms with van der Waals surface area (Å²) in [6.45, 7) is 0.755. The molecule has 1 saturated heterocycles. The van der Waals surface area contributed by atoms with Crippen LogP contribution in [0.15, 0.2) is 6.20 Å². The first kappa shape index (κ1) is 11.7. The third-order valence-electron chi connectivity index (χ3n) is 3.88. The van der Waals surface area contributed by atoms with Gasteiger partial charge in [0.25, 0.3) is 0 Å². The summed E-state index contributed by atoms with van der Waals surface area (Å²) in [4.78, 5) is 15.8. The Hall–Kier alpha value is -1.36. The van der Waals surface area contributed by atoms with Crippen LogP contribution in [0, 0.1) is 0 Å². The Bertz CT molecular complexity index is 449. The molecular formula is C13H18N2O3. The molecule has 2 atom stereocenters. The van der Waals surface area contributed by atoms with E-state index in [-0.39, 0.29) is 6.10 Å². The summed E-state index contributed by atoms with van der Waals surface area (Å²) >= 11 is 0. The standard InChI is InChI=1S/C13H18N2O3/c16-13(17)10-5-3-4-9-8-14-12(15(9)10)11-6-1-2-7-18-11/h8,10-11H,1-7H2,(H,16,17). The zero-order chi connectivity index (χ0) is 12.5. The van der Waals surface area contributed by atoms with Crippen LogP contribution in [0.1, 0.15) is 55.8 Å². The number of carboxylic acid groups (broad SMARTS) is 1. The zero-order valence-electron chi connectivity index (χ0n) is 10.3. The number of imidazole rings is 1. The number of aryl methyl sites for hydroxylation is 1. The Balaban J connectivity index is 1.96. The Kier molecular flexibility index (Phi) is 3.07. The van der Waals surface area contributed by atoms with Gasteiger partial charge in [-0.3, -0.25) is 0 Å². The van der Waals surface area contributed by atoms with Gasteiger partial charge in [-0.1, -0.05) is 0 Å².